The van der Waals surface area contributed by atoms with Crippen molar-refractivity contribution in [2.24, 2.45) is 0 Å². The van der Waals surface area contributed by atoms with E-state index in [4.69, 9.17) is 4.74 Å². The summed E-state index contributed by atoms with van der Waals surface area (Å²) in [5.41, 5.74) is 2.56. The fourth-order valence-electron chi connectivity index (χ4n) is 2.75. The third-order valence-electron chi connectivity index (χ3n) is 4.38. The van der Waals surface area contributed by atoms with Gasteiger partial charge in [-0.3, -0.25) is 4.79 Å². The molecule has 0 saturated heterocycles. The van der Waals surface area contributed by atoms with Crippen molar-refractivity contribution in [2.45, 2.75) is 37.2 Å². The SMILES string of the molecule is COc1ccc(C)cc1-n1nnnc1SC(C)C(=O)NC(C)c1ccc(F)cc1. The van der Waals surface area contributed by atoms with Gasteiger partial charge in [0, 0.05) is 0 Å². The van der Waals surface area contributed by atoms with Crippen molar-refractivity contribution >= 4 is 17.7 Å². The van der Waals surface area contributed by atoms with E-state index in [0.29, 0.717) is 16.6 Å². The fraction of sp³-hybridized carbons (Fsp3) is 0.300. The van der Waals surface area contributed by atoms with E-state index in [1.54, 1.807) is 30.8 Å². The second kappa shape index (κ2) is 9.04. The monoisotopic (exact) mass is 415 g/mol. The van der Waals surface area contributed by atoms with Gasteiger partial charge in [0.2, 0.25) is 11.1 Å². The Morgan fingerprint density at radius 3 is 2.62 bits per heavy atom. The van der Waals surface area contributed by atoms with Crippen LogP contribution in [0.25, 0.3) is 5.69 Å². The molecule has 1 amide bonds. The number of nitrogens with one attached hydrogen (secondary N) is 1. The van der Waals surface area contributed by atoms with Gasteiger partial charge in [0.1, 0.15) is 17.3 Å². The number of benzene rings is 2. The second-order valence-corrected chi connectivity index (χ2v) is 7.90. The minimum atomic E-state index is -0.446. The lowest BCUT2D eigenvalue weighted by atomic mass is 10.1. The standard InChI is InChI=1S/C20H22FN5O2S/c1-12-5-10-18(28-4)17(11-12)26-20(23-24-25-26)29-14(3)19(27)22-13(2)15-6-8-16(21)9-7-15/h5-11,13-14H,1-4H3,(H,22,27). The largest absolute Gasteiger partial charge is 0.494 e. The minimum absolute atomic E-state index is 0.169. The molecule has 2 aromatic carbocycles. The number of nitrogens with zero attached hydrogens (tertiary/aromatic N) is 4. The van der Waals surface area contributed by atoms with E-state index in [-0.39, 0.29) is 17.8 Å². The van der Waals surface area contributed by atoms with Crippen LogP contribution in [0.4, 0.5) is 4.39 Å². The molecule has 0 aliphatic carbocycles. The smallest absolute Gasteiger partial charge is 0.233 e. The molecule has 152 valence electrons. The van der Waals surface area contributed by atoms with Crippen molar-refractivity contribution in [1.82, 2.24) is 25.5 Å². The Kier molecular flexibility index (Phi) is 6.48. The van der Waals surface area contributed by atoms with Crippen LogP contribution in [0.2, 0.25) is 0 Å². The number of hydrogen-bond acceptors (Lipinski definition) is 6. The Hall–Kier alpha value is -2.94. The summed E-state index contributed by atoms with van der Waals surface area (Å²) >= 11 is 1.24. The molecule has 0 fully saturated rings. The first-order valence-corrected chi connectivity index (χ1v) is 9.93. The summed E-state index contributed by atoms with van der Waals surface area (Å²) in [5, 5.41) is 14.8. The number of amides is 1. The number of methoxy groups -OCH3 is 1. The number of aromatic nitrogens is 4. The molecule has 0 aliphatic heterocycles. The van der Waals surface area contributed by atoms with Crippen molar-refractivity contribution in [1.29, 1.82) is 0 Å². The van der Waals surface area contributed by atoms with Gasteiger partial charge in [0.25, 0.3) is 0 Å². The molecule has 0 radical (unpaired) electrons. The van der Waals surface area contributed by atoms with Crippen LogP contribution in [0.1, 0.15) is 31.0 Å². The first-order valence-electron chi connectivity index (χ1n) is 9.05. The Bertz CT molecular complexity index is 993. The topological polar surface area (TPSA) is 81.9 Å². The Labute approximate surface area is 172 Å². The predicted octanol–water partition coefficient (Wildman–Crippen LogP) is 3.48. The van der Waals surface area contributed by atoms with Gasteiger partial charge in [-0.15, -0.1) is 5.10 Å². The van der Waals surface area contributed by atoms with Crippen LogP contribution < -0.4 is 10.1 Å². The van der Waals surface area contributed by atoms with Crippen LogP contribution in [0.5, 0.6) is 5.75 Å². The van der Waals surface area contributed by atoms with Gasteiger partial charge in [-0.1, -0.05) is 30.0 Å². The van der Waals surface area contributed by atoms with Crippen LogP contribution in [-0.4, -0.2) is 38.5 Å². The highest BCUT2D eigenvalue weighted by atomic mass is 32.2. The summed E-state index contributed by atoms with van der Waals surface area (Å²) in [6.45, 7) is 5.60. The van der Waals surface area contributed by atoms with Crippen molar-refractivity contribution < 1.29 is 13.9 Å². The maximum absolute atomic E-state index is 13.1. The van der Waals surface area contributed by atoms with E-state index in [1.165, 1.54) is 23.9 Å². The quantitative estimate of drug-likeness (QED) is 0.595. The van der Waals surface area contributed by atoms with Gasteiger partial charge in [0.15, 0.2) is 0 Å². The van der Waals surface area contributed by atoms with Gasteiger partial charge >= 0.3 is 0 Å². The molecule has 9 heteroatoms. The predicted molar refractivity (Wildman–Crippen MR) is 109 cm³/mol. The molecule has 1 N–H and O–H groups in total. The summed E-state index contributed by atoms with van der Waals surface area (Å²) in [5.74, 6) is 0.152. The summed E-state index contributed by atoms with van der Waals surface area (Å²) in [6.07, 6.45) is 0. The van der Waals surface area contributed by atoms with Gasteiger partial charge in [-0.25, -0.2) is 4.39 Å². The first kappa shape index (κ1) is 20.8. The van der Waals surface area contributed by atoms with Crippen LogP contribution in [0.15, 0.2) is 47.6 Å². The van der Waals surface area contributed by atoms with E-state index in [9.17, 15) is 9.18 Å². The Morgan fingerprint density at radius 2 is 1.93 bits per heavy atom. The molecule has 0 bridgehead atoms. The van der Waals surface area contributed by atoms with Crippen LogP contribution in [0, 0.1) is 12.7 Å². The molecule has 2 unspecified atom stereocenters. The van der Waals surface area contributed by atoms with Crippen LogP contribution >= 0.6 is 11.8 Å². The minimum Gasteiger partial charge on any atom is -0.494 e. The molecular weight excluding hydrogens is 393 g/mol. The van der Waals surface area contributed by atoms with Gasteiger partial charge in [-0.05, 0) is 66.6 Å². The number of hydrogen-bond donors (Lipinski definition) is 1. The highest BCUT2D eigenvalue weighted by molar-refractivity contribution is 8.00. The highest BCUT2D eigenvalue weighted by Crippen LogP contribution is 2.29. The summed E-state index contributed by atoms with van der Waals surface area (Å²) < 4.78 is 20.1. The number of rotatable bonds is 7. The molecule has 0 spiro atoms. The molecule has 3 rings (SSSR count). The lowest BCUT2D eigenvalue weighted by Crippen LogP contribution is -2.33. The number of ether oxygens (including phenoxy) is 1. The molecule has 3 aromatic rings. The third kappa shape index (κ3) is 4.92. The zero-order valence-corrected chi connectivity index (χ0v) is 17.4. The Balaban J connectivity index is 1.72. The first-order chi connectivity index (χ1) is 13.9. The third-order valence-corrected chi connectivity index (χ3v) is 5.42. The summed E-state index contributed by atoms with van der Waals surface area (Å²) in [4.78, 5) is 12.6. The van der Waals surface area contributed by atoms with Gasteiger partial charge in [0.05, 0.1) is 18.4 Å². The number of carbonyl (C=O) groups is 1. The van der Waals surface area contributed by atoms with Crippen LogP contribution in [0.3, 0.4) is 0 Å². The van der Waals surface area contributed by atoms with Crippen molar-refractivity contribution in [3.8, 4) is 11.4 Å². The molecular formula is C20H22FN5O2S. The summed E-state index contributed by atoms with van der Waals surface area (Å²) in [7, 11) is 1.58. The number of aryl methyl sites for hydroxylation is 1. The average Bonchev–Trinajstić information content (AvgIpc) is 3.16. The molecule has 7 nitrogen and oxygen atoms in total. The molecule has 2 atom stereocenters. The van der Waals surface area contributed by atoms with Crippen LogP contribution in [-0.2, 0) is 4.79 Å². The molecule has 1 aromatic heterocycles. The van der Waals surface area contributed by atoms with Gasteiger partial charge < -0.3 is 10.1 Å². The zero-order chi connectivity index (χ0) is 21.0. The van der Waals surface area contributed by atoms with E-state index in [2.05, 4.69) is 20.8 Å². The lowest BCUT2D eigenvalue weighted by Gasteiger charge is -2.17. The summed E-state index contributed by atoms with van der Waals surface area (Å²) in [6, 6.07) is 11.5. The van der Waals surface area contributed by atoms with E-state index in [1.807, 2.05) is 32.0 Å². The molecule has 0 saturated carbocycles. The Morgan fingerprint density at radius 1 is 1.21 bits per heavy atom. The maximum atomic E-state index is 13.1. The van der Waals surface area contributed by atoms with Gasteiger partial charge in [-0.2, -0.15) is 4.68 Å². The molecule has 0 aliphatic rings. The van der Waals surface area contributed by atoms with E-state index >= 15 is 0 Å². The molecule has 1 heterocycles. The lowest BCUT2D eigenvalue weighted by molar-refractivity contribution is -0.120. The zero-order valence-electron chi connectivity index (χ0n) is 16.6. The number of thioether (sulfide) groups is 1. The number of tetrazole rings is 1. The normalized spacial score (nSPS) is 13.0. The van der Waals surface area contributed by atoms with E-state index < -0.39 is 5.25 Å². The number of carbonyl (C=O) groups excluding carboxylic acids is 1. The van der Waals surface area contributed by atoms with E-state index in [0.717, 1.165) is 11.1 Å². The maximum Gasteiger partial charge on any atom is 0.233 e. The highest BCUT2D eigenvalue weighted by Gasteiger charge is 2.22. The van der Waals surface area contributed by atoms with Crippen molar-refractivity contribution in [3.63, 3.8) is 0 Å². The fourth-order valence-corrected chi connectivity index (χ4v) is 3.56. The average molecular weight is 415 g/mol. The second-order valence-electron chi connectivity index (χ2n) is 6.59. The number of halogens is 1. The van der Waals surface area contributed by atoms with Crippen molar-refractivity contribution in [2.75, 3.05) is 7.11 Å². The van der Waals surface area contributed by atoms with Crippen molar-refractivity contribution in [3.05, 3.63) is 59.4 Å². The molecule has 29 heavy (non-hydrogen) atoms.